The Labute approximate surface area is 179 Å². The summed E-state index contributed by atoms with van der Waals surface area (Å²) in [7, 11) is 0. The molecule has 28 heavy (non-hydrogen) atoms. The summed E-state index contributed by atoms with van der Waals surface area (Å²) in [6.45, 7) is 2.71. The van der Waals surface area contributed by atoms with Gasteiger partial charge in [0.1, 0.15) is 5.75 Å². The molecule has 0 amide bonds. The number of aromatic hydroxyl groups is 1. The number of aromatic nitrogens is 4. The van der Waals surface area contributed by atoms with Crippen LogP contribution in [0, 0.1) is 6.92 Å². The van der Waals surface area contributed by atoms with Gasteiger partial charge in [0.25, 0.3) is 5.56 Å². The average Bonchev–Trinajstić information content (AvgIpc) is 3.02. The molecule has 0 spiro atoms. The van der Waals surface area contributed by atoms with E-state index in [1.807, 2.05) is 13.0 Å². The number of rotatable bonds is 8. The average molecular weight is 444 g/mol. The van der Waals surface area contributed by atoms with E-state index in [4.69, 9.17) is 0 Å². The molecule has 2 aromatic heterocycles. The van der Waals surface area contributed by atoms with E-state index in [-0.39, 0.29) is 36.1 Å². The van der Waals surface area contributed by atoms with Crippen molar-refractivity contribution < 1.29 is 5.11 Å². The number of benzene rings is 1. The first-order chi connectivity index (χ1) is 12.6. The number of nitrogens with one attached hydrogen (secondary N) is 3. The normalized spacial score (nSPS) is 10.0. The minimum absolute atomic E-state index is 0. The Morgan fingerprint density at radius 3 is 2.75 bits per heavy atom. The monoisotopic (exact) mass is 443 g/mol. The highest BCUT2D eigenvalue weighted by atomic mass is 35.5. The molecule has 0 saturated carbocycles. The van der Waals surface area contributed by atoms with Crippen LogP contribution in [0.1, 0.15) is 22.5 Å². The Bertz CT molecular complexity index is 932. The molecular weight excluding hydrogens is 421 g/mol. The highest BCUT2D eigenvalue weighted by Crippen LogP contribution is 2.14. The number of aromatic amines is 2. The number of thioether (sulfide) groups is 1. The van der Waals surface area contributed by atoms with Crippen LogP contribution in [0.25, 0.3) is 0 Å². The van der Waals surface area contributed by atoms with Gasteiger partial charge < -0.3 is 15.4 Å². The van der Waals surface area contributed by atoms with E-state index in [0.717, 1.165) is 28.5 Å². The molecule has 0 atom stereocenters. The predicted molar refractivity (Wildman–Crippen MR) is 118 cm³/mol. The molecular formula is C18H23Cl2N5O2S. The fraction of sp³-hybridized carbons (Fsp3) is 0.278. The van der Waals surface area contributed by atoms with Gasteiger partial charge in [-0.3, -0.25) is 9.78 Å². The number of phenolic OH excluding ortho intramolecular Hbond substituents is 1. The number of H-pyrrole nitrogens is 2. The fourth-order valence-corrected chi connectivity index (χ4v) is 3.34. The minimum Gasteiger partial charge on any atom is -0.508 e. The molecule has 152 valence electrons. The number of hydrogen-bond acceptors (Lipinski definition) is 6. The van der Waals surface area contributed by atoms with Gasteiger partial charge in [-0.25, -0.2) is 9.97 Å². The SMILES string of the molecule is Cc1[nH]cnc1CSCCNc1ncc(Cc2cccc(O)c2)c(=O)[nH]1.Cl.Cl. The number of halogens is 2. The molecule has 0 aliphatic rings. The third kappa shape index (κ3) is 6.78. The van der Waals surface area contributed by atoms with Gasteiger partial charge in [-0.2, -0.15) is 11.8 Å². The van der Waals surface area contributed by atoms with Gasteiger partial charge in [0.05, 0.1) is 12.0 Å². The summed E-state index contributed by atoms with van der Waals surface area (Å²) in [6.07, 6.45) is 3.71. The summed E-state index contributed by atoms with van der Waals surface area (Å²) in [5.41, 5.74) is 3.41. The van der Waals surface area contributed by atoms with Crippen molar-refractivity contribution >= 4 is 42.5 Å². The molecule has 4 N–H and O–H groups in total. The van der Waals surface area contributed by atoms with Gasteiger partial charge in [0, 0.05) is 41.9 Å². The van der Waals surface area contributed by atoms with Gasteiger partial charge in [0.15, 0.2) is 0 Å². The third-order valence-electron chi connectivity index (χ3n) is 3.89. The lowest BCUT2D eigenvalue weighted by atomic mass is 10.1. The maximum Gasteiger partial charge on any atom is 0.255 e. The number of anilines is 1. The predicted octanol–water partition coefficient (Wildman–Crippen LogP) is 3.29. The number of hydrogen-bond donors (Lipinski definition) is 4. The van der Waals surface area contributed by atoms with Crippen molar-refractivity contribution in [1.82, 2.24) is 19.9 Å². The largest absolute Gasteiger partial charge is 0.508 e. The van der Waals surface area contributed by atoms with Crippen LogP contribution in [0.5, 0.6) is 5.75 Å². The van der Waals surface area contributed by atoms with Crippen molar-refractivity contribution in [3.63, 3.8) is 0 Å². The zero-order valence-electron chi connectivity index (χ0n) is 15.3. The summed E-state index contributed by atoms with van der Waals surface area (Å²) in [5, 5.41) is 12.6. The fourth-order valence-electron chi connectivity index (χ4n) is 2.47. The molecule has 10 heteroatoms. The van der Waals surface area contributed by atoms with Gasteiger partial charge in [0.2, 0.25) is 5.95 Å². The number of imidazole rings is 1. The van der Waals surface area contributed by atoms with E-state index in [0.29, 0.717) is 24.5 Å². The minimum atomic E-state index is -0.175. The standard InChI is InChI=1S/C18H21N5O2S.2ClH/c1-12-16(22-11-21-12)10-26-6-5-19-18-20-9-14(17(25)23-18)7-13-3-2-4-15(24)8-13;;/h2-4,8-9,11,24H,5-7,10H2,1H3,(H,21,22)(H2,19,20,23,25);2*1H. The summed E-state index contributed by atoms with van der Waals surface area (Å²) in [4.78, 5) is 26.5. The zero-order chi connectivity index (χ0) is 18.4. The summed E-state index contributed by atoms with van der Waals surface area (Å²) in [6, 6.07) is 6.86. The first-order valence-corrected chi connectivity index (χ1v) is 9.44. The topological polar surface area (TPSA) is 107 Å². The van der Waals surface area contributed by atoms with E-state index < -0.39 is 0 Å². The van der Waals surface area contributed by atoms with Crippen LogP contribution in [-0.2, 0) is 12.2 Å². The van der Waals surface area contributed by atoms with E-state index in [2.05, 4.69) is 25.3 Å². The molecule has 2 heterocycles. The second-order valence-corrected chi connectivity index (χ2v) is 6.99. The highest BCUT2D eigenvalue weighted by molar-refractivity contribution is 7.98. The molecule has 0 saturated heterocycles. The first-order valence-electron chi connectivity index (χ1n) is 8.28. The molecule has 0 unspecified atom stereocenters. The molecule has 3 aromatic rings. The molecule has 1 aromatic carbocycles. The molecule has 0 radical (unpaired) electrons. The molecule has 0 bridgehead atoms. The second-order valence-electron chi connectivity index (χ2n) is 5.89. The second kappa shape index (κ2) is 11.6. The summed E-state index contributed by atoms with van der Waals surface area (Å²) < 4.78 is 0. The molecule has 0 fully saturated rings. The molecule has 3 rings (SSSR count). The Hall–Kier alpha value is -2.16. The van der Waals surface area contributed by atoms with Crippen molar-refractivity contribution in [2.24, 2.45) is 0 Å². The highest BCUT2D eigenvalue weighted by Gasteiger charge is 2.05. The molecule has 0 aliphatic carbocycles. The lowest BCUT2D eigenvalue weighted by Gasteiger charge is -2.06. The Morgan fingerprint density at radius 2 is 2.07 bits per heavy atom. The van der Waals surface area contributed by atoms with Crippen molar-refractivity contribution in [3.05, 3.63) is 69.7 Å². The van der Waals surface area contributed by atoms with Crippen molar-refractivity contribution in [3.8, 4) is 5.75 Å². The van der Waals surface area contributed by atoms with E-state index in [1.54, 1.807) is 42.5 Å². The van der Waals surface area contributed by atoms with Crippen molar-refractivity contribution in [2.75, 3.05) is 17.6 Å². The van der Waals surface area contributed by atoms with Crippen molar-refractivity contribution in [1.29, 1.82) is 0 Å². The summed E-state index contributed by atoms with van der Waals surface area (Å²) in [5.74, 6) is 2.38. The maximum absolute atomic E-state index is 12.2. The van der Waals surface area contributed by atoms with Crippen LogP contribution in [0.2, 0.25) is 0 Å². The van der Waals surface area contributed by atoms with Gasteiger partial charge in [-0.05, 0) is 24.6 Å². The van der Waals surface area contributed by atoms with Gasteiger partial charge in [-0.1, -0.05) is 12.1 Å². The van der Waals surface area contributed by atoms with Gasteiger partial charge >= 0.3 is 0 Å². The van der Waals surface area contributed by atoms with Crippen molar-refractivity contribution in [2.45, 2.75) is 19.1 Å². The Morgan fingerprint density at radius 1 is 1.25 bits per heavy atom. The van der Waals surface area contributed by atoms with Crippen LogP contribution < -0.4 is 10.9 Å². The van der Waals surface area contributed by atoms with Crippen LogP contribution in [-0.4, -0.2) is 37.3 Å². The Kier molecular flexibility index (Phi) is 9.92. The van der Waals surface area contributed by atoms with Crippen LogP contribution in [0.4, 0.5) is 5.95 Å². The zero-order valence-corrected chi connectivity index (χ0v) is 17.7. The molecule has 7 nitrogen and oxygen atoms in total. The number of aryl methyl sites for hydroxylation is 1. The van der Waals surface area contributed by atoms with Gasteiger partial charge in [-0.15, -0.1) is 24.8 Å². The van der Waals surface area contributed by atoms with E-state index in [1.165, 1.54) is 0 Å². The number of phenols is 1. The Balaban J connectivity index is 0.00000196. The number of nitrogens with zero attached hydrogens (tertiary/aromatic N) is 2. The van der Waals surface area contributed by atoms with E-state index >= 15 is 0 Å². The van der Waals surface area contributed by atoms with Crippen LogP contribution in [0.3, 0.4) is 0 Å². The lowest BCUT2D eigenvalue weighted by molar-refractivity contribution is 0.474. The maximum atomic E-state index is 12.2. The smallest absolute Gasteiger partial charge is 0.255 e. The summed E-state index contributed by atoms with van der Waals surface area (Å²) >= 11 is 1.77. The third-order valence-corrected chi connectivity index (χ3v) is 4.86. The quantitative estimate of drug-likeness (QED) is 0.398. The molecule has 0 aliphatic heterocycles. The van der Waals surface area contributed by atoms with Crippen LogP contribution >= 0.6 is 36.6 Å². The lowest BCUT2D eigenvalue weighted by Crippen LogP contribution is -2.18. The first kappa shape index (κ1) is 23.9. The van der Waals surface area contributed by atoms with Crippen LogP contribution in [0.15, 0.2) is 41.6 Å². The van der Waals surface area contributed by atoms with E-state index in [9.17, 15) is 9.90 Å².